The third kappa shape index (κ3) is 2.22. The van der Waals surface area contributed by atoms with Gasteiger partial charge in [0.1, 0.15) is 5.54 Å². The van der Waals surface area contributed by atoms with Crippen molar-refractivity contribution in [3.8, 4) is 22.4 Å². The number of nitrogens with zero attached hydrogens (tertiary/aromatic N) is 1. The fraction of sp³-hybridized carbons (Fsp3) is 0.0741. The molecule has 1 atom stereocenters. The van der Waals surface area contributed by atoms with Crippen LogP contribution >= 0.6 is 0 Å². The lowest BCUT2D eigenvalue weighted by atomic mass is 9.78. The summed E-state index contributed by atoms with van der Waals surface area (Å²) in [5.74, 6) is -0.404. The minimum atomic E-state index is -1.34. The van der Waals surface area contributed by atoms with Crippen LogP contribution < -0.4 is 5.56 Å². The molecule has 3 aromatic carbocycles. The Kier molecular flexibility index (Phi) is 3.57. The molecule has 1 aromatic heterocycles. The molecule has 0 unspecified atom stereocenters. The van der Waals surface area contributed by atoms with Gasteiger partial charge >= 0.3 is 0 Å². The molecular weight excluding hydrogens is 386 g/mol. The Morgan fingerprint density at radius 3 is 2.19 bits per heavy atom. The highest BCUT2D eigenvalue weighted by atomic mass is 16.2. The fourth-order valence-corrected chi connectivity index (χ4v) is 5.16. The summed E-state index contributed by atoms with van der Waals surface area (Å²) in [4.78, 5) is 39.9. The number of pyridine rings is 1. The minimum absolute atomic E-state index is 0.0567. The molecular formula is C27H17NO3. The van der Waals surface area contributed by atoms with Gasteiger partial charge in [-0.15, -0.1) is 0 Å². The van der Waals surface area contributed by atoms with Gasteiger partial charge in [-0.1, -0.05) is 72.8 Å². The van der Waals surface area contributed by atoms with Crippen LogP contribution in [0.3, 0.4) is 0 Å². The average molecular weight is 403 g/mol. The zero-order valence-electron chi connectivity index (χ0n) is 16.5. The van der Waals surface area contributed by atoms with E-state index in [4.69, 9.17) is 0 Å². The molecule has 0 saturated carbocycles. The second kappa shape index (κ2) is 6.22. The molecule has 2 heterocycles. The van der Waals surface area contributed by atoms with Crippen LogP contribution in [0.2, 0.25) is 0 Å². The van der Waals surface area contributed by atoms with Crippen LogP contribution in [0.15, 0.2) is 95.8 Å². The Balaban J connectivity index is 1.89. The predicted octanol–water partition coefficient (Wildman–Crippen LogP) is 4.49. The number of allylic oxidation sites excluding steroid dienone is 2. The van der Waals surface area contributed by atoms with Gasteiger partial charge in [-0.05, 0) is 34.7 Å². The first-order valence-corrected chi connectivity index (χ1v) is 10.2. The summed E-state index contributed by atoms with van der Waals surface area (Å²) in [6, 6.07) is 24.9. The lowest BCUT2D eigenvalue weighted by Gasteiger charge is -2.32. The quantitative estimate of drug-likeness (QED) is 0.471. The zero-order chi connectivity index (χ0) is 21.2. The van der Waals surface area contributed by atoms with Crippen molar-refractivity contribution in [2.75, 3.05) is 0 Å². The molecule has 1 spiro atoms. The van der Waals surface area contributed by atoms with Gasteiger partial charge in [-0.3, -0.25) is 19.0 Å². The number of hydrogen-bond acceptors (Lipinski definition) is 3. The van der Waals surface area contributed by atoms with Crippen molar-refractivity contribution >= 4 is 22.3 Å². The van der Waals surface area contributed by atoms with Crippen molar-refractivity contribution in [2.24, 2.45) is 0 Å². The van der Waals surface area contributed by atoms with Gasteiger partial charge in [0.15, 0.2) is 11.6 Å². The van der Waals surface area contributed by atoms with E-state index in [2.05, 4.69) is 0 Å². The Labute approximate surface area is 178 Å². The van der Waals surface area contributed by atoms with E-state index in [1.807, 2.05) is 72.8 Å². The number of aromatic nitrogens is 1. The van der Waals surface area contributed by atoms with Crippen LogP contribution in [-0.4, -0.2) is 16.1 Å². The van der Waals surface area contributed by atoms with E-state index in [9.17, 15) is 14.4 Å². The molecule has 2 aliphatic rings. The molecule has 0 bridgehead atoms. The summed E-state index contributed by atoms with van der Waals surface area (Å²) in [5, 5.41) is 1.37. The first kappa shape index (κ1) is 17.8. The van der Waals surface area contributed by atoms with Gasteiger partial charge in [0.25, 0.3) is 5.56 Å². The lowest BCUT2D eigenvalue weighted by Crippen LogP contribution is -2.48. The fourth-order valence-electron chi connectivity index (χ4n) is 5.16. The topological polar surface area (TPSA) is 56.1 Å². The van der Waals surface area contributed by atoms with Gasteiger partial charge < -0.3 is 0 Å². The van der Waals surface area contributed by atoms with Crippen LogP contribution in [0.1, 0.15) is 12.0 Å². The maximum Gasteiger partial charge on any atom is 0.260 e. The Morgan fingerprint density at radius 2 is 1.39 bits per heavy atom. The third-order valence-corrected chi connectivity index (χ3v) is 6.42. The molecule has 0 amide bonds. The van der Waals surface area contributed by atoms with E-state index >= 15 is 0 Å². The van der Waals surface area contributed by atoms with Gasteiger partial charge in [-0.2, -0.15) is 0 Å². The van der Waals surface area contributed by atoms with Crippen molar-refractivity contribution in [1.29, 1.82) is 0 Å². The maximum atomic E-state index is 13.9. The highest BCUT2D eigenvalue weighted by molar-refractivity contribution is 6.14. The largest absolute Gasteiger partial charge is 0.295 e. The van der Waals surface area contributed by atoms with Crippen molar-refractivity contribution in [3.63, 3.8) is 0 Å². The Bertz CT molecular complexity index is 1510. The summed E-state index contributed by atoms with van der Waals surface area (Å²) in [6.07, 6.45) is 2.58. The molecule has 148 valence electrons. The molecule has 4 heteroatoms. The van der Waals surface area contributed by atoms with E-state index in [1.165, 1.54) is 12.2 Å². The second-order valence-electron chi connectivity index (χ2n) is 8.02. The van der Waals surface area contributed by atoms with Gasteiger partial charge in [0, 0.05) is 22.9 Å². The summed E-state index contributed by atoms with van der Waals surface area (Å²) in [7, 11) is 0. The normalized spacial score (nSPS) is 19.1. The molecule has 4 aromatic rings. The highest BCUT2D eigenvalue weighted by Gasteiger charge is 2.52. The number of rotatable bonds is 1. The van der Waals surface area contributed by atoms with Crippen molar-refractivity contribution in [3.05, 3.63) is 107 Å². The van der Waals surface area contributed by atoms with Crippen molar-refractivity contribution in [1.82, 2.24) is 4.57 Å². The molecule has 31 heavy (non-hydrogen) atoms. The van der Waals surface area contributed by atoms with Gasteiger partial charge in [-0.25, -0.2) is 0 Å². The molecule has 6 rings (SSSR count). The molecule has 1 aliphatic heterocycles. The number of ketones is 2. The molecule has 4 nitrogen and oxygen atoms in total. The maximum absolute atomic E-state index is 13.9. The standard InChI is InChI=1S/C27H17NO3/c29-18-14-15-23(30)27(16-18)22-13-7-6-12-21(22)25-24(17-8-2-1-3-9-17)19-10-4-5-11-20(19)26(31)28(25)27/h1-15H,16H2/t27-/m1/s1. The molecule has 0 N–H and O–H groups in total. The first-order valence-electron chi connectivity index (χ1n) is 10.2. The number of fused-ring (bicyclic) bond motifs is 6. The summed E-state index contributed by atoms with van der Waals surface area (Å²) in [5.41, 5.74) is 2.49. The smallest absolute Gasteiger partial charge is 0.260 e. The first-order chi connectivity index (χ1) is 15.1. The SMILES string of the molecule is O=C1C=CC(=O)[C@@]2(C1)c1ccccc1-c1c(-c3ccccc3)c3ccccc3c(=O)n12. The average Bonchev–Trinajstić information content (AvgIpc) is 3.09. The lowest BCUT2D eigenvalue weighted by molar-refractivity contribution is -0.127. The van der Waals surface area contributed by atoms with E-state index in [-0.39, 0.29) is 23.5 Å². The minimum Gasteiger partial charge on any atom is -0.295 e. The van der Waals surface area contributed by atoms with Crippen molar-refractivity contribution < 1.29 is 9.59 Å². The van der Waals surface area contributed by atoms with Gasteiger partial charge in [0.2, 0.25) is 0 Å². The zero-order valence-corrected chi connectivity index (χ0v) is 16.5. The molecule has 0 saturated heterocycles. The van der Waals surface area contributed by atoms with Crippen molar-refractivity contribution in [2.45, 2.75) is 12.0 Å². The number of benzene rings is 3. The van der Waals surface area contributed by atoms with Crippen LogP contribution in [0.25, 0.3) is 33.2 Å². The van der Waals surface area contributed by atoms with E-state index < -0.39 is 5.54 Å². The number of hydrogen-bond donors (Lipinski definition) is 0. The van der Waals surface area contributed by atoms with Crippen LogP contribution in [0, 0.1) is 0 Å². The van der Waals surface area contributed by atoms with E-state index in [0.717, 1.165) is 22.1 Å². The molecule has 0 fully saturated rings. The predicted molar refractivity (Wildman–Crippen MR) is 120 cm³/mol. The summed E-state index contributed by atoms with van der Waals surface area (Å²) >= 11 is 0. The molecule has 1 aliphatic carbocycles. The van der Waals surface area contributed by atoms with Crippen LogP contribution in [0.5, 0.6) is 0 Å². The number of carbonyl (C=O) groups is 2. The third-order valence-electron chi connectivity index (χ3n) is 6.42. The van der Waals surface area contributed by atoms with Crippen LogP contribution in [0.4, 0.5) is 0 Å². The summed E-state index contributed by atoms with van der Waals surface area (Å²) < 4.78 is 1.59. The van der Waals surface area contributed by atoms with E-state index in [0.29, 0.717) is 16.6 Å². The van der Waals surface area contributed by atoms with E-state index in [1.54, 1.807) is 10.6 Å². The summed E-state index contributed by atoms with van der Waals surface area (Å²) in [6.45, 7) is 0. The van der Waals surface area contributed by atoms with Crippen LogP contribution in [-0.2, 0) is 15.1 Å². The molecule has 0 radical (unpaired) electrons. The Hall–Kier alpha value is -4.05. The Morgan fingerprint density at radius 1 is 0.710 bits per heavy atom. The second-order valence-corrected chi connectivity index (χ2v) is 8.02. The monoisotopic (exact) mass is 403 g/mol. The van der Waals surface area contributed by atoms with Gasteiger partial charge in [0.05, 0.1) is 5.69 Å². The number of carbonyl (C=O) groups excluding carboxylic acids is 2. The highest BCUT2D eigenvalue weighted by Crippen LogP contribution is 2.51.